The molecular weight excluding hydrogens is 250 g/mol. The molecule has 0 atom stereocenters. The third-order valence-corrected chi connectivity index (χ3v) is 3.05. The largest absolute Gasteiger partial charge is 0.373 e. The minimum absolute atomic E-state index is 0.0584. The van der Waals surface area contributed by atoms with Crippen LogP contribution in [0.4, 0.5) is 5.82 Å². The van der Waals surface area contributed by atoms with E-state index in [2.05, 4.69) is 27.8 Å². The molecule has 1 aromatic heterocycles. The van der Waals surface area contributed by atoms with Gasteiger partial charge in [0.05, 0.1) is 0 Å². The summed E-state index contributed by atoms with van der Waals surface area (Å²) >= 11 is 0. The number of hydrogen-bond donors (Lipinski definition) is 2. The van der Waals surface area contributed by atoms with Crippen molar-refractivity contribution in [3.05, 3.63) is 59.8 Å². The lowest BCUT2D eigenvalue weighted by Gasteiger charge is -2.06. The average Bonchev–Trinajstić information content (AvgIpc) is 2.52. The molecule has 1 aromatic carbocycles. The van der Waals surface area contributed by atoms with Gasteiger partial charge < -0.3 is 10.6 Å². The first-order valence-corrected chi connectivity index (χ1v) is 6.75. The summed E-state index contributed by atoms with van der Waals surface area (Å²) in [5.74, 6) is 0.638. The zero-order valence-corrected chi connectivity index (χ0v) is 11.6. The number of hydrogen-bond acceptors (Lipinski definition) is 3. The molecule has 0 aliphatic carbocycles. The monoisotopic (exact) mass is 269 g/mol. The normalized spacial score (nSPS) is 10.1. The highest BCUT2D eigenvalue weighted by Gasteiger charge is 2.05. The number of carbonyl (C=O) groups excluding carboxylic acids is 1. The Morgan fingerprint density at radius 1 is 1.20 bits per heavy atom. The summed E-state index contributed by atoms with van der Waals surface area (Å²) in [7, 11) is 1.78. The number of benzene rings is 1. The van der Waals surface area contributed by atoms with E-state index in [1.54, 1.807) is 25.4 Å². The third-order valence-electron chi connectivity index (χ3n) is 3.05. The predicted octanol–water partition coefficient (Wildman–Crippen LogP) is 2.49. The van der Waals surface area contributed by atoms with Crippen molar-refractivity contribution in [3.63, 3.8) is 0 Å². The number of pyridine rings is 1. The molecule has 0 saturated heterocycles. The summed E-state index contributed by atoms with van der Waals surface area (Å²) in [6, 6.07) is 13.7. The fraction of sp³-hybridized carbons (Fsp3) is 0.250. The summed E-state index contributed by atoms with van der Waals surface area (Å²) in [6.07, 6.45) is 3.53. The molecule has 4 nitrogen and oxygen atoms in total. The first-order chi connectivity index (χ1) is 9.79. The number of carbonyl (C=O) groups is 1. The molecule has 104 valence electrons. The van der Waals surface area contributed by atoms with Crippen molar-refractivity contribution in [3.8, 4) is 0 Å². The molecule has 0 radical (unpaired) electrons. The van der Waals surface area contributed by atoms with Gasteiger partial charge in [-0.05, 0) is 30.5 Å². The minimum atomic E-state index is -0.0584. The van der Waals surface area contributed by atoms with Crippen LogP contribution in [0.5, 0.6) is 0 Å². The number of nitrogens with zero attached hydrogens (tertiary/aromatic N) is 1. The topological polar surface area (TPSA) is 54.0 Å². The van der Waals surface area contributed by atoms with E-state index in [-0.39, 0.29) is 5.91 Å². The summed E-state index contributed by atoms with van der Waals surface area (Å²) in [5.41, 5.74) is 1.92. The standard InChI is InChI=1S/C16H19N3O/c1-17-15-12-14(9-11-18-15)16(20)19-10-5-8-13-6-3-2-4-7-13/h2-4,6-7,9,11-12H,5,8,10H2,1H3,(H,17,18)(H,19,20). The molecule has 1 heterocycles. The van der Waals surface area contributed by atoms with Crippen LogP contribution in [-0.2, 0) is 6.42 Å². The minimum Gasteiger partial charge on any atom is -0.373 e. The van der Waals surface area contributed by atoms with Gasteiger partial charge in [0.25, 0.3) is 5.91 Å². The molecule has 0 fully saturated rings. The maximum atomic E-state index is 12.0. The fourth-order valence-corrected chi connectivity index (χ4v) is 1.95. The van der Waals surface area contributed by atoms with E-state index < -0.39 is 0 Å². The van der Waals surface area contributed by atoms with Crippen molar-refractivity contribution in [2.45, 2.75) is 12.8 Å². The van der Waals surface area contributed by atoms with E-state index >= 15 is 0 Å². The summed E-state index contributed by atoms with van der Waals surface area (Å²) in [4.78, 5) is 16.0. The molecule has 1 amide bonds. The first-order valence-electron chi connectivity index (χ1n) is 6.75. The van der Waals surface area contributed by atoms with Crippen molar-refractivity contribution < 1.29 is 4.79 Å². The van der Waals surface area contributed by atoms with Gasteiger partial charge in [-0.15, -0.1) is 0 Å². The smallest absolute Gasteiger partial charge is 0.251 e. The zero-order valence-electron chi connectivity index (χ0n) is 11.6. The van der Waals surface area contributed by atoms with Crippen molar-refractivity contribution >= 4 is 11.7 Å². The molecule has 2 rings (SSSR count). The van der Waals surface area contributed by atoms with Crippen LogP contribution in [0.25, 0.3) is 0 Å². The van der Waals surface area contributed by atoms with Gasteiger partial charge in [-0.2, -0.15) is 0 Å². The van der Waals surface area contributed by atoms with Gasteiger partial charge in [0.1, 0.15) is 5.82 Å². The summed E-state index contributed by atoms with van der Waals surface area (Å²) in [6.45, 7) is 0.672. The Hall–Kier alpha value is -2.36. The fourth-order valence-electron chi connectivity index (χ4n) is 1.95. The zero-order chi connectivity index (χ0) is 14.2. The van der Waals surface area contributed by atoms with E-state index in [4.69, 9.17) is 0 Å². The molecule has 2 aromatic rings. The molecular formula is C16H19N3O. The summed E-state index contributed by atoms with van der Waals surface area (Å²) in [5, 5.41) is 5.85. The Balaban J connectivity index is 1.77. The van der Waals surface area contributed by atoms with Gasteiger partial charge in [0.2, 0.25) is 0 Å². The SMILES string of the molecule is CNc1cc(C(=O)NCCCc2ccccc2)ccn1. The van der Waals surface area contributed by atoms with Crippen molar-refractivity contribution in [2.24, 2.45) is 0 Å². The lowest BCUT2D eigenvalue weighted by atomic mass is 10.1. The number of amides is 1. The van der Waals surface area contributed by atoms with Crippen LogP contribution in [0.15, 0.2) is 48.7 Å². The molecule has 0 aliphatic rings. The lowest BCUT2D eigenvalue weighted by molar-refractivity contribution is 0.0953. The van der Waals surface area contributed by atoms with E-state index in [9.17, 15) is 4.79 Å². The number of aromatic nitrogens is 1. The number of nitrogens with one attached hydrogen (secondary N) is 2. The van der Waals surface area contributed by atoms with E-state index in [0.717, 1.165) is 12.8 Å². The Labute approximate surface area is 119 Å². The van der Waals surface area contributed by atoms with Crippen LogP contribution in [0.3, 0.4) is 0 Å². The Morgan fingerprint density at radius 2 is 2.00 bits per heavy atom. The molecule has 0 bridgehead atoms. The summed E-state index contributed by atoms with van der Waals surface area (Å²) < 4.78 is 0. The van der Waals surface area contributed by atoms with Gasteiger partial charge in [0, 0.05) is 25.4 Å². The van der Waals surface area contributed by atoms with Crippen LogP contribution >= 0.6 is 0 Å². The highest BCUT2D eigenvalue weighted by atomic mass is 16.1. The highest BCUT2D eigenvalue weighted by molar-refractivity contribution is 5.94. The Kier molecular flexibility index (Phi) is 5.12. The van der Waals surface area contributed by atoms with Gasteiger partial charge in [-0.3, -0.25) is 4.79 Å². The molecule has 0 spiro atoms. The number of anilines is 1. The van der Waals surface area contributed by atoms with Crippen molar-refractivity contribution in [1.82, 2.24) is 10.3 Å². The molecule has 0 aliphatic heterocycles. The van der Waals surface area contributed by atoms with Gasteiger partial charge in [-0.1, -0.05) is 30.3 Å². The molecule has 0 saturated carbocycles. The van der Waals surface area contributed by atoms with Gasteiger partial charge in [-0.25, -0.2) is 4.98 Å². The second kappa shape index (κ2) is 7.28. The third kappa shape index (κ3) is 4.09. The second-order valence-electron chi connectivity index (χ2n) is 4.52. The van der Waals surface area contributed by atoms with Crippen LogP contribution < -0.4 is 10.6 Å². The van der Waals surface area contributed by atoms with Gasteiger partial charge >= 0.3 is 0 Å². The first kappa shape index (κ1) is 14.1. The van der Waals surface area contributed by atoms with E-state index in [1.807, 2.05) is 18.2 Å². The molecule has 20 heavy (non-hydrogen) atoms. The molecule has 4 heteroatoms. The van der Waals surface area contributed by atoms with Crippen LogP contribution in [0, 0.1) is 0 Å². The predicted molar refractivity (Wildman–Crippen MR) is 80.9 cm³/mol. The van der Waals surface area contributed by atoms with E-state index in [0.29, 0.717) is 17.9 Å². The maximum Gasteiger partial charge on any atom is 0.251 e. The maximum absolute atomic E-state index is 12.0. The number of aryl methyl sites for hydroxylation is 1. The van der Waals surface area contributed by atoms with Crippen LogP contribution in [-0.4, -0.2) is 24.5 Å². The van der Waals surface area contributed by atoms with E-state index in [1.165, 1.54) is 5.56 Å². The second-order valence-corrected chi connectivity index (χ2v) is 4.52. The van der Waals surface area contributed by atoms with Crippen molar-refractivity contribution in [2.75, 3.05) is 18.9 Å². The quantitative estimate of drug-likeness (QED) is 0.792. The Bertz CT molecular complexity index is 555. The van der Waals surface area contributed by atoms with Crippen LogP contribution in [0.2, 0.25) is 0 Å². The molecule has 0 unspecified atom stereocenters. The molecule has 2 N–H and O–H groups in total. The van der Waals surface area contributed by atoms with Crippen LogP contribution in [0.1, 0.15) is 22.3 Å². The number of rotatable bonds is 6. The van der Waals surface area contributed by atoms with Gasteiger partial charge in [0.15, 0.2) is 0 Å². The average molecular weight is 269 g/mol. The van der Waals surface area contributed by atoms with Crippen molar-refractivity contribution in [1.29, 1.82) is 0 Å². The Morgan fingerprint density at radius 3 is 2.75 bits per heavy atom. The lowest BCUT2D eigenvalue weighted by Crippen LogP contribution is -2.24. The highest BCUT2D eigenvalue weighted by Crippen LogP contribution is 2.06.